The second kappa shape index (κ2) is 14.2. The second-order valence-corrected chi connectivity index (χ2v) is 16.3. The van der Waals surface area contributed by atoms with Crippen LogP contribution in [0.25, 0.3) is 0 Å². The van der Waals surface area contributed by atoms with Crippen LogP contribution in [0.5, 0.6) is 11.5 Å². The highest BCUT2D eigenvalue weighted by molar-refractivity contribution is 14.1. The summed E-state index contributed by atoms with van der Waals surface area (Å²) >= 11 is 14.5. The smallest absolute Gasteiger partial charge is 0.417 e. The predicted molar refractivity (Wildman–Crippen MR) is 210 cm³/mol. The number of amides is 4. The number of hydrogen-bond acceptors (Lipinski definition) is 10. The predicted octanol–water partition coefficient (Wildman–Crippen LogP) is 7.82. The average molecular weight is 948 g/mol. The van der Waals surface area contributed by atoms with Crippen LogP contribution in [-0.4, -0.2) is 50.8 Å². The fourth-order valence-electron chi connectivity index (χ4n) is 9.07. The lowest BCUT2D eigenvalue weighted by Gasteiger charge is -2.50. The van der Waals surface area contributed by atoms with Crippen molar-refractivity contribution in [2.24, 2.45) is 23.7 Å². The van der Waals surface area contributed by atoms with Crippen molar-refractivity contribution < 1.29 is 47.1 Å². The molecule has 4 aromatic rings. The Balaban J connectivity index is 1.33. The number of pyridine rings is 1. The van der Waals surface area contributed by atoms with Crippen molar-refractivity contribution in [1.29, 1.82) is 0 Å². The van der Waals surface area contributed by atoms with Crippen LogP contribution in [0.3, 0.4) is 0 Å². The lowest BCUT2D eigenvalue weighted by molar-refractivity contribution is -0.384. The zero-order chi connectivity index (χ0) is 41.6. The van der Waals surface area contributed by atoms with Gasteiger partial charge in [-0.25, -0.2) is 9.88 Å². The van der Waals surface area contributed by atoms with E-state index >= 15 is 4.79 Å². The van der Waals surface area contributed by atoms with Gasteiger partial charge in [0.2, 0.25) is 11.8 Å². The number of methoxy groups -OCH3 is 1. The van der Waals surface area contributed by atoms with E-state index in [9.17, 15) is 42.8 Å². The van der Waals surface area contributed by atoms with Gasteiger partial charge in [-0.1, -0.05) is 53.1 Å². The molecule has 3 fully saturated rings. The van der Waals surface area contributed by atoms with Crippen LogP contribution >= 0.6 is 45.8 Å². The fourth-order valence-corrected chi connectivity index (χ4v) is 10.0. The fraction of sp³-hybridized carbons (Fsp3) is 0.256. The number of hydrazine groups is 1. The number of carbonyl (C=O) groups excluding carboxylic acids is 4. The highest BCUT2D eigenvalue weighted by atomic mass is 127. The maximum Gasteiger partial charge on any atom is 0.417 e. The van der Waals surface area contributed by atoms with Gasteiger partial charge < -0.3 is 9.84 Å². The average Bonchev–Trinajstić information content (AvgIpc) is 3.57. The molecule has 0 spiro atoms. The molecule has 8 rings (SSSR count). The number of non-ortho nitro benzene ring substituents is 1. The molecule has 4 aliphatic rings. The van der Waals surface area contributed by atoms with Crippen LogP contribution in [0.1, 0.15) is 35.4 Å². The summed E-state index contributed by atoms with van der Waals surface area (Å²) in [4.78, 5) is 74.6. The summed E-state index contributed by atoms with van der Waals surface area (Å²) in [5.41, 5.74) is 0.513. The Morgan fingerprint density at radius 3 is 2.40 bits per heavy atom. The van der Waals surface area contributed by atoms with Gasteiger partial charge >= 0.3 is 6.18 Å². The number of allylic oxidation sites excluding steroid dienone is 2. The van der Waals surface area contributed by atoms with Gasteiger partial charge in [-0.3, -0.25) is 34.7 Å². The first-order valence-electron chi connectivity index (χ1n) is 17.5. The number of nitro benzene ring substituents is 1. The molecular weight excluding hydrogens is 921 g/mol. The van der Waals surface area contributed by atoms with Crippen molar-refractivity contribution in [3.8, 4) is 11.5 Å². The Morgan fingerprint density at radius 2 is 1.74 bits per heavy atom. The monoisotopic (exact) mass is 947 g/mol. The normalized spacial score (nSPS) is 25.3. The molecule has 2 aliphatic carbocycles. The standard InChI is InChI=1S/C39H27Cl2F3IN5O8/c1-58-29-12-17(11-28(45)32(29)51)31-23-9-10-24-30(36(54)48(34(24)52)21-3-2-4-22(14-21)50(56)57)25(23)15-26-35(53)49(37(55)38(26,31)18-5-7-20(40)8-6-18)47-33-27(41)13-19(16-46-33)39(42,43)44/h2-9,11-14,16,24-26,30-31,51H,10,15H2,1H3,(H,46,47)/t24-,25+,26-,30-,31-,38+/m0/s1. The van der Waals surface area contributed by atoms with Crippen molar-refractivity contribution >= 4 is 86.6 Å². The van der Waals surface area contributed by atoms with Crippen LogP contribution in [0.15, 0.2) is 84.6 Å². The SMILES string of the molecule is COc1cc([C@H]2C3=CC[C@@H]4C(=O)N(c5cccc([N+](=O)[O-])c5)C(=O)[C@@H]4[C@@H]3C[C@H]3C(=O)N(Nc4ncc(C(F)(F)F)cc4Cl)C(=O)[C@@]23c2ccc(Cl)cc2)cc(I)c1O. The zero-order valence-corrected chi connectivity index (χ0v) is 33.3. The quantitative estimate of drug-likeness (QED) is 0.0612. The minimum atomic E-state index is -4.79. The number of phenols is 1. The zero-order valence-electron chi connectivity index (χ0n) is 29.7. The van der Waals surface area contributed by atoms with Crippen molar-refractivity contribution in [2.45, 2.75) is 30.4 Å². The summed E-state index contributed by atoms with van der Waals surface area (Å²) in [6.45, 7) is 0. The third kappa shape index (κ3) is 5.99. The molecule has 0 radical (unpaired) electrons. The number of ether oxygens (including phenoxy) is 1. The number of nitrogens with zero attached hydrogens (tertiary/aromatic N) is 4. The molecule has 0 unspecified atom stereocenters. The number of carbonyl (C=O) groups is 4. The van der Waals surface area contributed by atoms with Gasteiger partial charge in [0.25, 0.3) is 17.5 Å². The summed E-state index contributed by atoms with van der Waals surface area (Å²) in [6.07, 6.45) is -2.63. The summed E-state index contributed by atoms with van der Waals surface area (Å²) in [7, 11) is 1.34. The molecule has 4 amide bonds. The minimum Gasteiger partial charge on any atom is -0.504 e. The Morgan fingerprint density at radius 1 is 1.02 bits per heavy atom. The third-order valence-corrected chi connectivity index (χ3v) is 12.8. The maximum absolute atomic E-state index is 15.4. The molecule has 2 aliphatic heterocycles. The van der Waals surface area contributed by atoms with E-state index in [0.717, 1.165) is 11.0 Å². The van der Waals surface area contributed by atoms with E-state index in [1.54, 1.807) is 24.3 Å². The van der Waals surface area contributed by atoms with E-state index in [0.29, 0.717) is 42.6 Å². The Kier molecular flexibility index (Phi) is 9.70. The van der Waals surface area contributed by atoms with E-state index in [2.05, 4.69) is 10.4 Å². The number of hydrogen-bond donors (Lipinski definition) is 2. The molecule has 19 heteroatoms. The number of rotatable bonds is 7. The van der Waals surface area contributed by atoms with Crippen LogP contribution in [0.4, 0.5) is 30.4 Å². The van der Waals surface area contributed by atoms with Crippen molar-refractivity contribution in [3.63, 3.8) is 0 Å². The number of alkyl halides is 3. The van der Waals surface area contributed by atoms with Gasteiger partial charge in [0.05, 0.1) is 55.0 Å². The van der Waals surface area contributed by atoms with Crippen molar-refractivity contribution in [1.82, 2.24) is 9.99 Å². The van der Waals surface area contributed by atoms with Gasteiger partial charge in [-0.15, -0.1) is 0 Å². The number of aromatic nitrogens is 1. The molecule has 1 saturated carbocycles. The highest BCUT2D eigenvalue weighted by Gasteiger charge is 2.70. The van der Waals surface area contributed by atoms with Crippen molar-refractivity contribution in [3.05, 3.63) is 125 Å². The van der Waals surface area contributed by atoms with E-state index in [4.69, 9.17) is 27.9 Å². The van der Waals surface area contributed by atoms with E-state index < -0.39 is 86.1 Å². The number of fused-ring (bicyclic) bond motifs is 4. The number of aromatic hydroxyl groups is 1. The van der Waals surface area contributed by atoms with E-state index in [1.165, 1.54) is 43.5 Å². The minimum absolute atomic E-state index is 0.00395. The number of nitrogens with one attached hydrogen (secondary N) is 1. The highest BCUT2D eigenvalue weighted by Crippen LogP contribution is 2.65. The largest absolute Gasteiger partial charge is 0.504 e. The first-order valence-corrected chi connectivity index (χ1v) is 19.3. The first-order chi connectivity index (χ1) is 27.5. The third-order valence-electron chi connectivity index (χ3n) is 11.5. The number of imide groups is 2. The van der Waals surface area contributed by atoms with Crippen LogP contribution in [-0.2, 0) is 30.8 Å². The van der Waals surface area contributed by atoms with E-state index in [1.807, 2.05) is 22.6 Å². The molecule has 298 valence electrons. The maximum atomic E-state index is 15.4. The molecule has 6 atom stereocenters. The van der Waals surface area contributed by atoms with Crippen LogP contribution in [0, 0.1) is 37.4 Å². The molecule has 2 saturated heterocycles. The summed E-state index contributed by atoms with van der Waals surface area (Å²) in [6, 6.07) is 15.1. The Labute approximate surface area is 350 Å². The van der Waals surface area contributed by atoms with Gasteiger partial charge in [0, 0.05) is 29.3 Å². The molecule has 13 nitrogen and oxygen atoms in total. The van der Waals surface area contributed by atoms with Gasteiger partial charge in [0.1, 0.15) is 0 Å². The second-order valence-electron chi connectivity index (χ2n) is 14.3. The lowest BCUT2D eigenvalue weighted by atomic mass is 9.49. The van der Waals surface area contributed by atoms with Gasteiger partial charge in [-0.2, -0.15) is 18.2 Å². The Hall–Kier alpha value is -5.27. The molecule has 58 heavy (non-hydrogen) atoms. The number of benzene rings is 3. The Bertz CT molecular complexity index is 2510. The first kappa shape index (κ1) is 39.6. The molecule has 3 aromatic carbocycles. The molecule has 2 N–H and O–H groups in total. The number of anilines is 2. The van der Waals surface area contributed by atoms with Crippen LogP contribution < -0.4 is 15.1 Å². The lowest BCUT2D eigenvalue weighted by Crippen LogP contribution is -2.53. The van der Waals surface area contributed by atoms with Gasteiger partial charge in [0.15, 0.2) is 17.3 Å². The van der Waals surface area contributed by atoms with Crippen molar-refractivity contribution in [2.75, 3.05) is 17.4 Å². The number of nitro groups is 1. The summed E-state index contributed by atoms with van der Waals surface area (Å²) in [5.74, 6) is -8.67. The van der Waals surface area contributed by atoms with E-state index in [-0.39, 0.29) is 35.7 Å². The molecule has 0 bridgehead atoms. The van der Waals surface area contributed by atoms with Crippen LogP contribution in [0.2, 0.25) is 10.0 Å². The number of phenolic OH excluding ortho intramolecular Hbond substituents is 1. The van der Waals surface area contributed by atoms with Gasteiger partial charge in [-0.05, 0) is 88.9 Å². The number of halogens is 6. The topological polar surface area (TPSA) is 172 Å². The summed E-state index contributed by atoms with van der Waals surface area (Å²) < 4.78 is 46.4. The molecule has 3 heterocycles. The molecule has 1 aromatic heterocycles. The summed E-state index contributed by atoms with van der Waals surface area (Å²) in [5, 5.41) is 23.0. The molecular formula is C39H27Cl2F3IN5O8.